The molecule has 4 N–H and O–H groups in total. The standard InChI is InChI=1S/C10H6F3NO2.C10H9NO2/c11-10(12,13)7-4-9(15)16-8-3-5(14)1-2-6(7)8;1-6-4-10(12)13-9-5-7(11)2-3-8(6)9/h1-4H,14H2;2-5H,11H2,1H3. The van der Waals surface area contributed by atoms with E-state index in [4.69, 9.17) is 15.9 Å². The van der Waals surface area contributed by atoms with Gasteiger partial charge in [0.2, 0.25) is 0 Å². The van der Waals surface area contributed by atoms with E-state index in [0.717, 1.165) is 10.9 Å². The number of hydrogen-bond donors (Lipinski definition) is 2. The predicted octanol–water partition coefficient (Wildman–Crippen LogP) is 4.08. The topological polar surface area (TPSA) is 112 Å². The highest BCUT2D eigenvalue weighted by molar-refractivity contribution is 5.83. The molecule has 2 heterocycles. The smallest absolute Gasteiger partial charge is 0.417 e. The number of hydrogen-bond acceptors (Lipinski definition) is 6. The van der Waals surface area contributed by atoms with Gasteiger partial charge in [0.05, 0.1) is 5.56 Å². The van der Waals surface area contributed by atoms with Gasteiger partial charge in [0.15, 0.2) is 0 Å². The van der Waals surface area contributed by atoms with Crippen molar-refractivity contribution >= 4 is 33.3 Å². The first-order valence-electron chi connectivity index (χ1n) is 8.25. The molecule has 9 heteroatoms. The van der Waals surface area contributed by atoms with E-state index in [1.807, 2.05) is 13.0 Å². The van der Waals surface area contributed by atoms with Crippen LogP contribution in [0.5, 0.6) is 0 Å². The molecule has 4 aromatic rings. The number of aryl methyl sites for hydroxylation is 1. The van der Waals surface area contributed by atoms with Gasteiger partial charge in [-0.1, -0.05) is 0 Å². The average Bonchev–Trinajstić information content (AvgIpc) is 2.59. The first kappa shape index (κ1) is 20.0. The van der Waals surface area contributed by atoms with Crippen molar-refractivity contribution in [2.75, 3.05) is 11.5 Å². The highest BCUT2D eigenvalue weighted by atomic mass is 19.4. The second-order valence-corrected chi connectivity index (χ2v) is 6.24. The lowest BCUT2D eigenvalue weighted by Crippen LogP contribution is -2.11. The third kappa shape index (κ3) is 4.40. The molecular weight excluding hydrogens is 389 g/mol. The SMILES string of the molecule is Cc1cc(=O)oc2cc(N)ccc12.Nc1ccc2c(C(F)(F)F)cc(=O)oc2c1. The van der Waals surface area contributed by atoms with E-state index >= 15 is 0 Å². The van der Waals surface area contributed by atoms with Crippen molar-refractivity contribution < 1.29 is 22.0 Å². The van der Waals surface area contributed by atoms with Crippen molar-refractivity contribution in [2.45, 2.75) is 13.1 Å². The molecule has 0 spiro atoms. The Kier molecular flexibility index (Phi) is 5.06. The van der Waals surface area contributed by atoms with Gasteiger partial charge in [-0.25, -0.2) is 9.59 Å². The van der Waals surface area contributed by atoms with E-state index in [1.165, 1.54) is 24.3 Å². The lowest BCUT2D eigenvalue weighted by Gasteiger charge is -2.08. The van der Waals surface area contributed by atoms with E-state index < -0.39 is 17.4 Å². The average molecular weight is 404 g/mol. The summed E-state index contributed by atoms with van der Waals surface area (Å²) in [6.45, 7) is 1.87. The van der Waals surface area contributed by atoms with E-state index in [1.54, 1.807) is 12.1 Å². The fraction of sp³-hybridized carbons (Fsp3) is 0.100. The zero-order valence-electron chi connectivity index (χ0n) is 15.0. The van der Waals surface area contributed by atoms with Crippen LogP contribution in [0.25, 0.3) is 21.9 Å². The van der Waals surface area contributed by atoms with Crippen molar-refractivity contribution in [3.05, 3.63) is 80.5 Å². The summed E-state index contributed by atoms with van der Waals surface area (Å²) in [5.41, 5.74) is 10.7. The Labute approximate surface area is 161 Å². The largest absolute Gasteiger partial charge is 0.423 e. The lowest BCUT2D eigenvalue weighted by molar-refractivity contribution is -0.136. The molecule has 0 aliphatic carbocycles. The third-order valence-corrected chi connectivity index (χ3v) is 4.05. The summed E-state index contributed by atoms with van der Waals surface area (Å²) in [4.78, 5) is 22.0. The van der Waals surface area contributed by atoms with Crippen LogP contribution in [-0.4, -0.2) is 0 Å². The molecule has 0 saturated carbocycles. The molecule has 29 heavy (non-hydrogen) atoms. The van der Waals surface area contributed by atoms with E-state index in [9.17, 15) is 22.8 Å². The van der Waals surface area contributed by atoms with Crippen LogP contribution in [0.4, 0.5) is 24.5 Å². The first-order valence-corrected chi connectivity index (χ1v) is 8.25. The molecule has 0 saturated heterocycles. The Morgan fingerprint density at radius 1 is 0.759 bits per heavy atom. The van der Waals surface area contributed by atoms with Crippen LogP contribution >= 0.6 is 0 Å². The molecule has 0 unspecified atom stereocenters. The van der Waals surface area contributed by atoms with E-state index in [0.29, 0.717) is 17.3 Å². The third-order valence-electron chi connectivity index (χ3n) is 4.05. The van der Waals surface area contributed by atoms with E-state index in [-0.39, 0.29) is 22.3 Å². The van der Waals surface area contributed by atoms with Crippen molar-refractivity contribution in [1.82, 2.24) is 0 Å². The van der Waals surface area contributed by atoms with Crippen molar-refractivity contribution in [1.29, 1.82) is 0 Å². The van der Waals surface area contributed by atoms with Crippen LogP contribution in [-0.2, 0) is 6.18 Å². The summed E-state index contributed by atoms with van der Waals surface area (Å²) >= 11 is 0. The Bertz CT molecular complexity index is 1320. The van der Waals surface area contributed by atoms with Crippen molar-refractivity contribution in [2.24, 2.45) is 0 Å². The number of alkyl halides is 3. The number of fused-ring (bicyclic) bond motifs is 2. The second kappa shape index (κ2) is 7.34. The fourth-order valence-corrected chi connectivity index (χ4v) is 2.76. The molecule has 0 radical (unpaired) electrons. The fourth-order valence-electron chi connectivity index (χ4n) is 2.76. The molecule has 0 fully saturated rings. The van der Waals surface area contributed by atoms with Crippen LogP contribution in [0.1, 0.15) is 11.1 Å². The molecule has 0 aliphatic heterocycles. The minimum atomic E-state index is -4.59. The summed E-state index contributed by atoms with van der Waals surface area (Å²) in [6, 6.07) is 10.9. The van der Waals surface area contributed by atoms with Crippen molar-refractivity contribution in [3.8, 4) is 0 Å². The zero-order chi connectivity index (χ0) is 21.3. The van der Waals surface area contributed by atoms with E-state index in [2.05, 4.69) is 4.42 Å². The molecule has 150 valence electrons. The number of anilines is 2. The van der Waals surface area contributed by atoms with Crippen LogP contribution in [0, 0.1) is 6.92 Å². The molecule has 0 bridgehead atoms. The van der Waals surface area contributed by atoms with Gasteiger partial charge in [0, 0.05) is 46.4 Å². The summed E-state index contributed by atoms with van der Waals surface area (Å²) in [5, 5.41) is 0.745. The van der Waals surface area contributed by atoms with Gasteiger partial charge in [-0.2, -0.15) is 13.2 Å². The van der Waals surface area contributed by atoms with Gasteiger partial charge in [0.25, 0.3) is 0 Å². The highest BCUT2D eigenvalue weighted by Gasteiger charge is 2.33. The molecule has 6 nitrogen and oxygen atoms in total. The Hall–Kier alpha value is -3.75. The number of halogens is 3. The molecule has 0 atom stereocenters. The first-order chi connectivity index (χ1) is 13.5. The maximum Gasteiger partial charge on any atom is 0.417 e. The Morgan fingerprint density at radius 2 is 1.24 bits per heavy atom. The van der Waals surface area contributed by atoms with Crippen LogP contribution in [0.15, 0.2) is 67.0 Å². The minimum Gasteiger partial charge on any atom is -0.423 e. The number of benzene rings is 2. The van der Waals surface area contributed by atoms with Gasteiger partial charge < -0.3 is 20.3 Å². The number of nitrogens with two attached hydrogens (primary N) is 2. The van der Waals surface area contributed by atoms with Gasteiger partial charge in [-0.05, 0) is 36.8 Å². The molecule has 4 rings (SSSR count). The molecule has 2 aromatic heterocycles. The summed E-state index contributed by atoms with van der Waals surface area (Å²) in [6.07, 6.45) is -4.59. The van der Waals surface area contributed by atoms with Crippen molar-refractivity contribution in [3.63, 3.8) is 0 Å². The second-order valence-electron chi connectivity index (χ2n) is 6.24. The van der Waals surface area contributed by atoms with Gasteiger partial charge in [-0.3, -0.25) is 0 Å². The lowest BCUT2D eigenvalue weighted by atomic mass is 10.1. The van der Waals surface area contributed by atoms with Crippen LogP contribution < -0.4 is 22.7 Å². The number of nitrogen functional groups attached to an aromatic ring is 2. The van der Waals surface area contributed by atoms with Crippen LogP contribution in [0.2, 0.25) is 0 Å². The van der Waals surface area contributed by atoms with Gasteiger partial charge in [0.1, 0.15) is 11.2 Å². The maximum absolute atomic E-state index is 12.6. The van der Waals surface area contributed by atoms with Gasteiger partial charge in [-0.15, -0.1) is 0 Å². The summed E-state index contributed by atoms with van der Waals surface area (Å²) in [7, 11) is 0. The zero-order valence-corrected chi connectivity index (χ0v) is 15.0. The molecule has 0 aliphatic rings. The Balaban J connectivity index is 0.000000169. The molecular formula is C20H15F3N2O4. The van der Waals surface area contributed by atoms with Gasteiger partial charge >= 0.3 is 17.4 Å². The maximum atomic E-state index is 12.6. The summed E-state index contributed by atoms with van der Waals surface area (Å²) in [5.74, 6) is 0. The summed E-state index contributed by atoms with van der Waals surface area (Å²) < 4.78 is 47.4. The predicted molar refractivity (Wildman–Crippen MR) is 104 cm³/mol. The Morgan fingerprint density at radius 3 is 1.79 bits per heavy atom. The number of rotatable bonds is 0. The minimum absolute atomic E-state index is 0.167. The molecule has 0 amide bonds. The van der Waals surface area contributed by atoms with Crippen LogP contribution in [0.3, 0.4) is 0 Å². The highest BCUT2D eigenvalue weighted by Crippen LogP contribution is 2.34. The monoisotopic (exact) mass is 404 g/mol. The normalized spacial score (nSPS) is 11.3. The molecule has 2 aromatic carbocycles. The quantitative estimate of drug-likeness (QED) is 0.337.